The van der Waals surface area contributed by atoms with Crippen LogP contribution < -0.4 is 10.7 Å². The number of amides is 2. The molecule has 0 saturated carbocycles. The highest BCUT2D eigenvalue weighted by molar-refractivity contribution is 6.39. The van der Waals surface area contributed by atoms with Crippen molar-refractivity contribution in [1.29, 1.82) is 0 Å². The van der Waals surface area contributed by atoms with Gasteiger partial charge in [-0.2, -0.15) is 5.10 Å². The van der Waals surface area contributed by atoms with Gasteiger partial charge in [-0.05, 0) is 25.0 Å². The van der Waals surface area contributed by atoms with E-state index in [2.05, 4.69) is 46.5 Å². The van der Waals surface area contributed by atoms with Crippen LogP contribution in [0.2, 0.25) is 0 Å². The number of aromatic nitrogens is 1. The molecule has 2 aromatic rings. The number of nitrogens with zero attached hydrogens (tertiary/aromatic N) is 2. The minimum absolute atomic E-state index is 0.145. The maximum atomic E-state index is 12.1. The molecule has 1 aliphatic rings. The molecule has 2 amide bonds. The molecule has 0 unspecified atom stereocenters. The van der Waals surface area contributed by atoms with Gasteiger partial charge in [0.1, 0.15) is 5.71 Å². The number of aryl methyl sites for hydroxylation is 1. The monoisotopic (exact) mass is 312 g/mol. The summed E-state index contributed by atoms with van der Waals surface area (Å²) >= 11 is 0. The van der Waals surface area contributed by atoms with Crippen molar-refractivity contribution in [3.8, 4) is 0 Å². The molecule has 1 aromatic carbocycles. The van der Waals surface area contributed by atoms with E-state index in [4.69, 9.17) is 0 Å². The molecule has 6 nitrogen and oxygen atoms in total. The molecule has 0 spiro atoms. The van der Waals surface area contributed by atoms with Gasteiger partial charge in [0, 0.05) is 43.0 Å². The lowest BCUT2D eigenvalue weighted by Crippen LogP contribution is -2.37. The third kappa shape index (κ3) is 2.97. The lowest BCUT2D eigenvalue weighted by atomic mass is 10.1. The fourth-order valence-corrected chi connectivity index (χ4v) is 2.96. The largest absolute Gasteiger partial charge is 0.351 e. The minimum Gasteiger partial charge on any atom is -0.351 e. The van der Waals surface area contributed by atoms with Crippen LogP contribution in [0.15, 0.2) is 29.4 Å². The van der Waals surface area contributed by atoms with Crippen molar-refractivity contribution in [2.75, 3.05) is 6.54 Å². The van der Waals surface area contributed by atoms with Gasteiger partial charge in [-0.3, -0.25) is 9.59 Å². The summed E-state index contributed by atoms with van der Waals surface area (Å²) in [4.78, 5) is 23.1. The number of para-hydroxylation sites is 1. The molecule has 3 rings (SSSR count). The minimum atomic E-state index is -0.206. The van der Waals surface area contributed by atoms with Crippen LogP contribution in [0.25, 0.3) is 10.9 Å². The zero-order valence-corrected chi connectivity index (χ0v) is 13.3. The van der Waals surface area contributed by atoms with E-state index in [0.717, 1.165) is 6.42 Å². The second-order valence-electron chi connectivity index (χ2n) is 5.74. The van der Waals surface area contributed by atoms with Gasteiger partial charge in [-0.25, -0.2) is 5.43 Å². The van der Waals surface area contributed by atoms with Crippen LogP contribution in [0.1, 0.15) is 24.1 Å². The van der Waals surface area contributed by atoms with E-state index in [-0.39, 0.29) is 11.8 Å². The number of carbonyl (C=O) groups excluding carboxylic acids is 2. The van der Waals surface area contributed by atoms with Crippen molar-refractivity contribution in [1.82, 2.24) is 15.3 Å². The second kappa shape index (κ2) is 6.24. The highest BCUT2D eigenvalue weighted by Crippen LogP contribution is 2.24. The number of hydrogen-bond acceptors (Lipinski definition) is 3. The smallest absolute Gasteiger partial charge is 0.267 e. The molecule has 0 radical (unpaired) electrons. The van der Waals surface area contributed by atoms with Crippen LogP contribution in [0.4, 0.5) is 0 Å². The van der Waals surface area contributed by atoms with Gasteiger partial charge in [0.05, 0.1) is 0 Å². The Morgan fingerprint density at radius 1 is 1.35 bits per heavy atom. The Morgan fingerprint density at radius 2 is 2.13 bits per heavy atom. The highest BCUT2D eigenvalue weighted by atomic mass is 16.2. The maximum Gasteiger partial charge on any atom is 0.267 e. The number of carbonyl (C=O) groups is 2. The molecule has 2 N–H and O–H groups in total. The molecule has 1 aliphatic heterocycles. The van der Waals surface area contributed by atoms with E-state index >= 15 is 0 Å². The summed E-state index contributed by atoms with van der Waals surface area (Å²) in [6, 6.07) is 8.27. The van der Waals surface area contributed by atoms with Crippen LogP contribution >= 0.6 is 0 Å². The van der Waals surface area contributed by atoms with E-state index < -0.39 is 0 Å². The highest BCUT2D eigenvalue weighted by Gasteiger charge is 2.18. The molecule has 120 valence electrons. The van der Waals surface area contributed by atoms with Gasteiger partial charge in [0.2, 0.25) is 5.91 Å². The topological polar surface area (TPSA) is 75.5 Å². The molecule has 6 heteroatoms. The first-order chi connectivity index (χ1) is 11.1. The number of hydrazone groups is 1. The van der Waals surface area contributed by atoms with Crippen molar-refractivity contribution in [3.05, 3.63) is 35.5 Å². The molecule has 1 aromatic heterocycles. The summed E-state index contributed by atoms with van der Waals surface area (Å²) in [5.41, 5.74) is 6.39. The normalized spacial score (nSPS) is 14.5. The zero-order valence-electron chi connectivity index (χ0n) is 13.3. The predicted molar refractivity (Wildman–Crippen MR) is 89.2 cm³/mol. The summed E-state index contributed by atoms with van der Waals surface area (Å²) in [5.74, 6) is -0.351. The molecular weight excluding hydrogens is 292 g/mol. The first-order valence-electron chi connectivity index (χ1n) is 7.74. The Morgan fingerprint density at radius 3 is 2.87 bits per heavy atom. The predicted octanol–water partition coefficient (Wildman–Crippen LogP) is 1.41. The molecule has 0 atom stereocenters. The first-order valence-corrected chi connectivity index (χ1v) is 7.74. The zero-order chi connectivity index (χ0) is 16.4. The summed E-state index contributed by atoms with van der Waals surface area (Å²) in [7, 11) is 2.05. The van der Waals surface area contributed by atoms with E-state index in [1.165, 1.54) is 22.2 Å². The third-order valence-electron chi connectivity index (χ3n) is 4.36. The summed E-state index contributed by atoms with van der Waals surface area (Å²) in [6.07, 6.45) is 1.47. The molecule has 0 saturated heterocycles. The van der Waals surface area contributed by atoms with E-state index in [1.54, 1.807) is 0 Å². The van der Waals surface area contributed by atoms with Gasteiger partial charge in [0.25, 0.3) is 5.91 Å². The van der Waals surface area contributed by atoms with E-state index in [9.17, 15) is 9.59 Å². The van der Waals surface area contributed by atoms with Gasteiger partial charge in [0.15, 0.2) is 0 Å². The molecule has 0 fully saturated rings. The molecule has 23 heavy (non-hydrogen) atoms. The second-order valence-corrected chi connectivity index (χ2v) is 5.74. The Kier molecular flexibility index (Phi) is 4.14. The van der Waals surface area contributed by atoms with Gasteiger partial charge in [-0.15, -0.1) is 0 Å². The Hall–Kier alpha value is -2.63. The van der Waals surface area contributed by atoms with E-state index in [1.807, 2.05) is 12.1 Å². The number of benzene rings is 1. The average Bonchev–Trinajstić information content (AvgIpc) is 2.81. The van der Waals surface area contributed by atoms with Crippen LogP contribution in [0.3, 0.4) is 0 Å². The Balaban J connectivity index is 1.66. The standard InChI is InChI=1S/C17H20N4O2/c1-11-12(13-5-3-4-6-15(13)21(11)2)9-10-18-17(23)14-7-8-16(22)20-19-14/h3-6H,7-10H2,1-2H3,(H,18,23)(H,20,22). The summed E-state index contributed by atoms with van der Waals surface area (Å²) in [5, 5.41) is 7.92. The number of fused-ring (bicyclic) bond motifs is 1. The SMILES string of the molecule is Cc1c(CCNC(=O)C2=NNC(=O)CC2)c2ccccc2n1C. The van der Waals surface area contributed by atoms with Gasteiger partial charge in [-0.1, -0.05) is 18.2 Å². The van der Waals surface area contributed by atoms with Crippen molar-refractivity contribution in [2.24, 2.45) is 12.1 Å². The Labute approximate surface area is 134 Å². The number of rotatable bonds is 4. The summed E-state index contributed by atoms with van der Waals surface area (Å²) < 4.78 is 2.17. The molecule has 0 bridgehead atoms. The van der Waals surface area contributed by atoms with Gasteiger partial charge < -0.3 is 9.88 Å². The van der Waals surface area contributed by atoms with Crippen molar-refractivity contribution >= 4 is 28.4 Å². The first kappa shape index (κ1) is 15.3. The average molecular weight is 312 g/mol. The van der Waals surface area contributed by atoms with Crippen molar-refractivity contribution in [2.45, 2.75) is 26.2 Å². The number of nitrogens with one attached hydrogen (secondary N) is 2. The molecular formula is C17H20N4O2. The third-order valence-corrected chi connectivity index (χ3v) is 4.36. The lowest BCUT2D eigenvalue weighted by molar-refractivity contribution is -0.121. The summed E-state index contributed by atoms with van der Waals surface area (Å²) in [6.45, 7) is 2.64. The Bertz CT molecular complexity index is 804. The lowest BCUT2D eigenvalue weighted by Gasteiger charge is -2.12. The fraction of sp³-hybridized carbons (Fsp3) is 0.353. The number of hydrogen-bond donors (Lipinski definition) is 2. The maximum absolute atomic E-state index is 12.1. The van der Waals surface area contributed by atoms with Gasteiger partial charge >= 0.3 is 0 Å². The fourth-order valence-electron chi connectivity index (χ4n) is 2.96. The molecule has 0 aliphatic carbocycles. The van der Waals surface area contributed by atoms with Crippen molar-refractivity contribution < 1.29 is 9.59 Å². The van der Waals surface area contributed by atoms with Crippen LogP contribution in [-0.4, -0.2) is 28.6 Å². The molecule has 2 heterocycles. The van der Waals surface area contributed by atoms with Crippen LogP contribution in [-0.2, 0) is 23.1 Å². The van der Waals surface area contributed by atoms with Crippen LogP contribution in [0, 0.1) is 6.92 Å². The van der Waals surface area contributed by atoms with Crippen molar-refractivity contribution in [3.63, 3.8) is 0 Å². The van der Waals surface area contributed by atoms with Crippen LogP contribution in [0.5, 0.6) is 0 Å². The van der Waals surface area contributed by atoms with E-state index in [0.29, 0.717) is 25.1 Å². The quantitative estimate of drug-likeness (QED) is 0.895.